The van der Waals surface area contributed by atoms with Crippen LogP contribution in [0.3, 0.4) is 0 Å². The van der Waals surface area contributed by atoms with Gasteiger partial charge in [-0.25, -0.2) is 13.4 Å². The van der Waals surface area contributed by atoms with Gasteiger partial charge in [0.15, 0.2) is 5.79 Å². The predicted molar refractivity (Wildman–Crippen MR) is 88.0 cm³/mol. The lowest BCUT2D eigenvalue weighted by atomic mass is 10.0. The smallest absolute Gasteiger partial charge is 0.233 e. The topological polar surface area (TPSA) is 80.8 Å². The number of rotatable bonds is 5. The number of ether oxygens (including phenoxy) is 2. The minimum Gasteiger partial charge on any atom is -0.370 e. The van der Waals surface area contributed by atoms with Crippen LogP contribution in [0.2, 0.25) is 0 Å². The second kappa shape index (κ2) is 6.62. The Morgan fingerprint density at radius 1 is 1.26 bits per heavy atom. The van der Waals surface area contributed by atoms with E-state index in [1.165, 1.54) is 0 Å². The van der Waals surface area contributed by atoms with Gasteiger partial charge >= 0.3 is 0 Å². The Labute approximate surface area is 137 Å². The molecule has 8 heteroatoms. The Morgan fingerprint density at radius 2 is 1.96 bits per heavy atom. The highest BCUT2D eigenvalue weighted by molar-refractivity contribution is 7.92. The molecule has 23 heavy (non-hydrogen) atoms. The normalized spacial score (nSPS) is 20.8. The standard InChI is InChI=1S/C15H23N3O4S/c1-2-11-23(19,20)17-14-4-3-13(12-16-14)18-7-5-15(6-8-18)21-9-10-22-15/h3-4,12H,2,5-11H2,1H3,(H,16,17). The molecule has 1 spiro atoms. The van der Waals surface area contributed by atoms with E-state index in [-0.39, 0.29) is 11.5 Å². The maximum Gasteiger partial charge on any atom is 0.233 e. The van der Waals surface area contributed by atoms with Crippen molar-refractivity contribution in [1.29, 1.82) is 0 Å². The lowest BCUT2D eigenvalue weighted by Crippen LogP contribution is -2.45. The molecular weight excluding hydrogens is 318 g/mol. The Kier molecular flexibility index (Phi) is 4.74. The van der Waals surface area contributed by atoms with Gasteiger partial charge in [0.1, 0.15) is 5.82 Å². The maximum atomic E-state index is 11.7. The third-order valence-electron chi connectivity index (χ3n) is 4.18. The summed E-state index contributed by atoms with van der Waals surface area (Å²) in [7, 11) is -3.30. The molecule has 1 aromatic heterocycles. The van der Waals surface area contributed by atoms with E-state index in [9.17, 15) is 8.42 Å². The van der Waals surface area contributed by atoms with Crippen molar-refractivity contribution in [2.75, 3.05) is 41.7 Å². The SMILES string of the molecule is CCCS(=O)(=O)Nc1ccc(N2CCC3(CC2)OCCO3)cn1. The average Bonchev–Trinajstić information content (AvgIpc) is 2.97. The molecule has 128 valence electrons. The highest BCUT2D eigenvalue weighted by atomic mass is 32.2. The van der Waals surface area contributed by atoms with Gasteiger partial charge in [0.25, 0.3) is 0 Å². The molecule has 0 amide bonds. The summed E-state index contributed by atoms with van der Waals surface area (Å²) in [4.78, 5) is 6.43. The summed E-state index contributed by atoms with van der Waals surface area (Å²) in [5.74, 6) is 0.0720. The molecule has 0 radical (unpaired) electrons. The zero-order valence-electron chi connectivity index (χ0n) is 13.3. The summed E-state index contributed by atoms with van der Waals surface area (Å²) in [6.07, 6.45) is 3.95. The number of nitrogens with one attached hydrogen (secondary N) is 1. The van der Waals surface area contributed by atoms with Crippen molar-refractivity contribution in [3.8, 4) is 0 Å². The van der Waals surface area contributed by atoms with Crippen molar-refractivity contribution in [2.24, 2.45) is 0 Å². The molecule has 2 aliphatic heterocycles. The fourth-order valence-corrected chi connectivity index (χ4v) is 4.08. The molecule has 0 atom stereocenters. The largest absolute Gasteiger partial charge is 0.370 e. The quantitative estimate of drug-likeness (QED) is 0.876. The highest BCUT2D eigenvalue weighted by Crippen LogP contribution is 2.33. The van der Waals surface area contributed by atoms with Crippen molar-refractivity contribution in [1.82, 2.24) is 4.98 Å². The molecule has 3 heterocycles. The third kappa shape index (κ3) is 3.94. The van der Waals surface area contributed by atoms with E-state index >= 15 is 0 Å². The van der Waals surface area contributed by atoms with Gasteiger partial charge in [-0.3, -0.25) is 4.72 Å². The molecule has 0 aliphatic carbocycles. The van der Waals surface area contributed by atoms with Crippen molar-refractivity contribution >= 4 is 21.5 Å². The second-order valence-electron chi connectivity index (χ2n) is 5.92. The van der Waals surface area contributed by atoms with Gasteiger partial charge in [-0.2, -0.15) is 0 Å². The zero-order chi connectivity index (χ0) is 16.3. The maximum absolute atomic E-state index is 11.7. The van der Waals surface area contributed by atoms with E-state index in [4.69, 9.17) is 9.47 Å². The van der Waals surface area contributed by atoms with Gasteiger partial charge in [-0.1, -0.05) is 6.92 Å². The molecule has 7 nitrogen and oxygen atoms in total. The van der Waals surface area contributed by atoms with Crippen molar-refractivity contribution < 1.29 is 17.9 Å². The van der Waals surface area contributed by atoms with Crippen LogP contribution in [0.5, 0.6) is 0 Å². The summed E-state index contributed by atoms with van der Waals surface area (Å²) in [5.41, 5.74) is 0.983. The van der Waals surface area contributed by atoms with E-state index in [0.717, 1.165) is 31.6 Å². The molecule has 1 aromatic rings. The Balaban J connectivity index is 1.60. The summed E-state index contributed by atoms with van der Waals surface area (Å²) in [6.45, 7) is 4.85. The van der Waals surface area contributed by atoms with Crippen LogP contribution in [-0.2, 0) is 19.5 Å². The van der Waals surface area contributed by atoms with Crippen LogP contribution in [-0.4, -0.2) is 51.2 Å². The Bertz CT molecular complexity index is 617. The lowest BCUT2D eigenvalue weighted by Gasteiger charge is -2.38. The molecule has 0 aromatic carbocycles. The van der Waals surface area contributed by atoms with E-state index < -0.39 is 10.0 Å². The van der Waals surface area contributed by atoms with Gasteiger partial charge in [-0.05, 0) is 18.6 Å². The molecule has 3 rings (SSSR count). The molecule has 0 saturated carbocycles. The number of piperidine rings is 1. The summed E-state index contributed by atoms with van der Waals surface area (Å²) in [6, 6.07) is 3.60. The zero-order valence-corrected chi connectivity index (χ0v) is 14.1. The van der Waals surface area contributed by atoms with Crippen molar-refractivity contribution in [3.05, 3.63) is 18.3 Å². The highest BCUT2D eigenvalue weighted by Gasteiger charge is 2.39. The fourth-order valence-electron chi connectivity index (χ4n) is 3.00. The number of pyridine rings is 1. The molecule has 2 aliphatic rings. The summed E-state index contributed by atoms with van der Waals surface area (Å²) in [5, 5.41) is 0. The van der Waals surface area contributed by atoms with Crippen LogP contribution in [0.4, 0.5) is 11.5 Å². The van der Waals surface area contributed by atoms with Crippen LogP contribution in [0.25, 0.3) is 0 Å². The van der Waals surface area contributed by atoms with Crippen LogP contribution in [0.1, 0.15) is 26.2 Å². The van der Waals surface area contributed by atoms with Gasteiger partial charge in [0, 0.05) is 25.9 Å². The molecule has 0 bridgehead atoms. The third-order valence-corrected chi connectivity index (χ3v) is 5.65. The van der Waals surface area contributed by atoms with Crippen molar-refractivity contribution in [3.63, 3.8) is 0 Å². The second-order valence-corrected chi connectivity index (χ2v) is 7.76. The van der Waals surface area contributed by atoms with Crippen LogP contribution in [0, 0.1) is 0 Å². The first-order chi connectivity index (χ1) is 11.0. The number of aromatic nitrogens is 1. The first-order valence-corrected chi connectivity index (χ1v) is 9.67. The van der Waals surface area contributed by atoms with Gasteiger partial charge in [-0.15, -0.1) is 0 Å². The molecule has 2 fully saturated rings. The van der Waals surface area contributed by atoms with Crippen molar-refractivity contribution in [2.45, 2.75) is 32.0 Å². The molecule has 0 unspecified atom stereocenters. The van der Waals surface area contributed by atoms with E-state index in [1.807, 2.05) is 13.0 Å². The number of sulfonamides is 1. The summed E-state index contributed by atoms with van der Waals surface area (Å²) < 4.78 is 37.4. The van der Waals surface area contributed by atoms with Crippen LogP contribution < -0.4 is 9.62 Å². The lowest BCUT2D eigenvalue weighted by molar-refractivity contribution is -0.169. The number of nitrogens with zero attached hydrogens (tertiary/aromatic N) is 2. The number of hydrogen-bond acceptors (Lipinski definition) is 6. The first kappa shape index (κ1) is 16.5. The molecule has 1 N–H and O–H groups in total. The minimum absolute atomic E-state index is 0.102. The molecule has 2 saturated heterocycles. The molecular formula is C15H23N3O4S. The van der Waals surface area contributed by atoms with Gasteiger partial charge in [0.2, 0.25) is 10.0 Å². The van der Waals surface area contributed by atoms with Gasteiger partial charge in [0.05, 0.1) is 30.9 Å². The first-order valence-electron chi connectivity index (χ1n) is 8.01. The number of anilines is 2. The summed E-state index contributed by atoms with van der Waals surface area (Å²) >= 11 is 0. The number of hydrogen-bond donors (Lipinski definition) is 1. The Hall–Kier alpha value is -1.38. The predicted octanol–water partition coefficient (Wildman–Crippen LogP) is 1.58. The minimum atomic E-state index is -3.30. The monoisotopic (exact) mass is 341 g/mol. The average molecular weight is 341 g/mol. The van der Waals surface area contributed by atoms with E-state index in [0.29, 0.717) is 25.5 Å². The van der Waals surface area contributed by atoms with E-state index in [1.54, 1.807) is 12.3 Å². The van der Waals surface area contributed by atoms with Crippen LogP contribution in [0.15, 0.2) is 18.3 Å². The Morgan fingerprint density at radius 3 is 2.52 bits per heavy atom. The van der Waals surface area contributed by atoms with E-state index in [2.05, 4.69) is 14.6 Å². The fraction of sp³-hybridized carbons (Fsp3) is 0.667. The van der Waals surface area contributed by atoms with Crippen LogP contribution >= 0.6 is 0 Å². The van der Waals surface area contributed by atoms with Gasteiger partial charge < -0.3 is 14.4 Å².